The van der Waals surface area contributed by atoms with E-state index < -0.39 is 22.5 Å². The van der Waals surface area contributed by atoms with Crippen molar-refractivity contribution in [2.24, 2.45) is 5.92 Å². The number of carboxylic acid groups (broad SMARTS) is 1. The molecular formula is C14H17ClN2O5S. The molecule has 1 aliphatic rings. The van der Waals surface area contributed by atoms with E-state index in [1.807, 2.05) is 0 Å². The van der Waals surface area contributed by atoms with Crippen LogP contribution in [-0.2, 0) is 19.6 Å². The summed E-state index contributed by atoms with van der Waals surface area (Å²) in [4.78, 5) is 22.4. The van der Waals surface area contributed by atoms with Gasteiger partial charge in [-0.15, -0.1) is 0 Å². The van der Waals surface area contributed by atoms with Gasteiger partial charge < -0.3 is 10.4 Å². The second-order valence-corrected chi connectivity index (χ2v) is 7.62. The monoisotopic (exact) mass is 360 g/mol. The van der Waals surface area contributed by atoms with Gasteiger partial charge in [0.2, 0.25) is 15.9 Å². The van der Waals surface area contributed by atoms with Gasteiger partial charge in [0.15, 0.2) is 0 Å². The highest BCUT2D eigenvalue weighted by Gasteiger charge is 2.32. The first-order chi connectivity index (χ1) is 10.8. The second-order valence-electron chi connectivity index (χ2n) is 5.24. The first-order valence-electron chi connectivity index (χ1n) is 7.06. The van der Waals surface area contributed by atoms with Crippen LogP contribution >= 0.6 is 11.6 Å². The van der Waals surface area contributed by atoms with Gasteiger partial charge in [0.05, 0.1) is 4.90 Å². The Labute approximate surface area is 139 Å². The van der Waals surface area contributed by atoms with Crippen LogP contribution < -0.4 is 5.32 Å². The molecule has 1 aliphatic heterocycles. The normalized spacial score (nSPS) is 16.9. The summed E-state index contributed by atoms with van der Waals surface area (Å²) in [7, 11) is -3.60. The lowest BCUT2D eigenvalue weighted by molar-refractivity contribution is -0.138. The molecule has 0 aliphatic carbocycles. The Morgan fingerprint density at radius 3 is 2.30 bits per heavy atom. The van der Waals surface area contributed by atoms with E-state index in [1.165, 1.54) is 28.6 Å². The molecule has 1 aromatic rings. The fourth-order valence-electron chi connectivity index (χ4n) is 2.42. The van der Waals surface area contributed by atoms with Crippen LogP contribution in [0.1, 0.15) is 12.8 Å². The van der Waals surface area contributed by atoms with Crippen molar-refractivity contribution in [2.75, 3.05) is 19.6 Å². The molecule has 0 saturated carbocycles. The summed E-state index contributed by atoms with van der Waals surface area (Å²) in [5, 5.41) is 11.3. The highest BCUT2D eigenvalue weighted by atomic mass is 35.5. The zero-order valence-electron chi connectivity index (χ0n) is 12.2. The number of halogens is 1. The average Bonchev–Trinajstić information content (AvgIpc) is 2.53. The van der Waals surface area contributed by atoms with Crippen LogP contribution in [-0.4, -0.2) is 49.3 Å². The van der Waals surface area contributed by atoms with Crippen molar-refractivity contribution in [2.45, 2.75) is 17.7 Å². The number of carbonyl (C=O) groups is 2. The minimum Gasteiger partial charge on any atom is -0.480 e. The number of nitrogens with one attached hydrogen (secondary N) is 1. The molecule has 0 unspecified atom stereocenters. The van der Waals surface area contributed by atoms with Crippen molar-refractivity contribution >= 4 is 33.5 Å². The molecule has 0 bridgehead atoms. The predicted octanol–water partition coefficient (Wildman–Crippen LogP) is 0.941. The molecule has 1 aromatic carbocycles. The van der Waals surface area contributed by atoms with Gasteiger partial charge in [-0.2, -0.15) is 4.31 Å². The molecule has 0 spiro atoms. The van der Waals surface area contributed by atoms with Crippen molar-refractivity contribution in [3.63, 3.8) is 0 Å². The summed E-state index contributed by atoms with van der Waals surface area (Å²) in [5.41, 5.74) is 0. The molecule has 7 nitrogen and oxygen atoms in total. The van der Waals surface area contributed by atoms with E-state index in [0.29, 0.717) is 17.9 Å². The van der Waals surface area contributed by atoms with Gasteiger partial charge >= 0.3 is 5.97 Å². The van der Waals surface area contributed by atoms with Gasteiger partial charge in [-0.1, -0.05) is 11.6 Å². The fourth-order valence-corrected chi connectivity index (χ4v) is 4.02. The Bertz CT molecular complexity index is 682. The van der Waals surface area contributed by atoms with Crippen molar-refractivity contribution in [3.05, 3.63) is 29.3 Å². The Morgan fingerprint density at radius 1 is 1.22 bits per heavy atom. The average molecular weight is 361 g/mol. The summed E-state index contributed by atoms with van der Waals surface area (Å²) >= 11 is 5.76. The van der Waals surface area contributed by atoms with Gasteiger partial charge in [0, 0.05) is 24.0 Å². The van der Waals surface area contributed by atoms with E-state index in [0.717, 1.165) is 0 Å². The van der Waals surface area contributed by atoms with Crippen LogP contribution in [0.15, 0.2) is 29.2 Å². The lowest BCUT2D eigenvalue weighted by Gasteiger charge is -2.30. The predicted molar refractivity (Wildman–Crippen MR) is 83.6 cm³/mol. The summed E-state index contributed by atoms with van der Waals surface area (Å²) in [5.74, 6) is -1.83. The smallest absolute Gasteiger partial charge is 0.322 e. The number of hydrogen-bond donors (Lipinski definition) is 2. The standard InChI is InChI=1S/C14H17ClN2O5S/c15-11-1-3-12(4-2-11)23(21,22)17-7-5-10(6-8-17)14(20)16-9-13(18)19/h1-4,10H,5-9H2,(H,16,20)(H,18,19). The molecular weight excluding hydrogens is 344 g/mol. The van der Waals surface area contributed by atoms with E-state index >= 15 is 0 Å². The summed E-state index contributed by atoms with van der Waals surface area (Å²) in [6.07, 6.45) is 0.719. The number of carboxylic acids is 1. The molecule has 9 heteroatoms. The van der Waals surface area contributed by atoms with Gasteiger partial charge in [-0.25, -0.2) is 8.42 Å². The molecule has 126 valence electrons. The highest BCUT2D eigenvalue weighted by molar-refractivity contribution is 7.89. The topological polar surface area (TPSA) is 104 Å². The number of piperidine rings is 1. The molecule has 0 radical (unpaired) electrons. The van der Waals surface area contributed by atoms with Gasteiger partial charge in [0.25, 0.3) is 0 Å². The van der Waals surface area contributed by atoms with E-state index in [4.69, 9.17) is 16.7 Å². The summed E-state index contributed by atoms with van der Waals surface area (Å²) in [6.45, 7) is 0.00829. The van der Waals surface area contributed by atoms with Crippen LogP contribution in [0, 0.1) is 5.92 Å². The lowest BCUT2D eigenvalue weighted by atomic mass is 9.97. The number of sulfonamides is 1. The number of aliphatic carboxylic acids is 1. The quantitative estimate of drug-likeness (QED) is 0.813. The molecule has 1 heterocycles. The third-order valence-corrected chi connectivity index (χ3v) is 5.85. The second kappa shape index (κ2) is 7.29. The third-order valence-electron chi connectivity index (χ3n) is 3.69. The van der Waals surface area contributed by atoms with Crippen LogP contribution in [0.3, 0.4) is 0 Å². The zero-order valence-corrected chi connectivity index (χ0v) is 13.8. The van der Waals surface area contributed by atoms with Crippen molar-refractivity contribution in [3.8, 4) is 0 Å². The number of hydrogen-bond acceptors (Lipinski definition) is 4. The third kappa shape index (κ3) is 4.43. The Hall–Kier alpha value is -1.64. The molecule has 0 atom stereocenters. The fraction of sp³-hybridized carbons (Fsp3) is 0.429. The van der Waals surface area contributed by atoms with Crippen LogP contribution in [0.4, 0.5) is 0 Å². The Morgan fingerprint density at radius 2 is 1.78 bits per heavy atom. The maximum atomic E-state index is 12.5. The molecule has 23 heavy (non-hydrogen) atoms. The Balaban J connectivity index is 1.97. The highest BCUT2D eigenvalue weighted by Crippen LogP contribution is 2.24. The summed E-state index contributed by atoms with van der Waals surface area (Å²) < 4.78 is 26.3. The first-order valence-corrected chi connectivity index (χ1v) is 8.87. The van der Waals surface area contributed by atoms with Gasteiger partial charge in [0.1, 0.15) is 6.54 Å². The van der Waals surface area contributed by atoms with E-state index in [2.05, 4.69) is 5.32 Å². The molecule has 2 N–H and O–H groups in total. The Kier molecular flexibility index (Phi) is 5.61. The number of amides is 1. The zero-order chi connectivity index (χ0) is 17.0. The molecule has 2 rings (SSSR count). The van der Waals surface area contributed by atoms with Crippen LogP contribution in [0.5, 0.6) is 0 Å². The molecule has 1 fully saturated rings. The van der Waals surface area contributed by atoms with Crippen LogP contribution in [0.25, 0.3) is 0 Å². The number of carbonyl (C=O) groups excluding carboxylic acids is 1. The van der Waals surface area contributed by atoms with Crippen LogP contribution in [0.2, 0.25) is 5.02 Å². The number of nitrogens with zero attached hydrogens (tertiary/aromatic N) is 1. The van der Waals surface area contributed by atoms with Crippen molar-refractivity contribution in [1.82, 2.24) is 9.62 Å². The maximum absolute atomic E-state index is 12.5. The molecule has 1 amide bonds. The van der Waals surface area contributed by atoms with Crippen molar-refractivity contribution < 1.29 is 23.1 Å². The summed E-state index contributed by atoms with van der Waals surface area (Å²) in [6, 6.07) is 5.92. The van der Waals surface area contributed by atoms with Gasteiger partial charge in [-0.3, -0.25) is 9.59 Å². The minimum atomic E-state index is -3.60. The maximum Gasteiger partial charge on any atom is 0.322 e. The van der Waals surface area contributed by atoms with Crippen molar-refractivity contribution in [1.29, 1.82) is 0 Å². The molecule has 1 saturated heterocycles. The first kappa shape index (κ1) is 17.7. The molecule has 0 aromatic heterocycles. The van der Waals surface area contributed by atoms with E-state index in [-0.39, 0.29) is 29.8 Å². The van der Waals surface area contributed by atoms with E-state index in [9.17, 15) is 18.0 Å². The minimum absolute atomic E-state index is 0.163. The number of rotatable bonds is 5. The largest absolute Gasteiger partial charge is 0.480 e. The van der Waals surface area contributed by atoms with E-state index in [1.54, 1.807) is 0 Å². The lowest BCUT2D eigenvalue weighted by Crippen LogP contribution is -2.43. The number of benzene rings is 1. The van der Waals surface area contributed by atoms with Gasteiger partial charge in [-0.05, 0) is 37.1 Å². The SMILES string of the molecule is O=C(O)CNC(=O)C1CCN(S(=O)(=O)c2ccc(Cl)cc2)CC1.